The molecule has 0 bridgehead atoms. The van der Waals surface area contributed by atoms with Crippen LogP contribution in [-0.2, 0) is 16.8 Å². The van der Waals surface area contributed by atoms with Gasteiger partial charge < -0.3 is 29.0 Å². The molecule has 0 radical (unpaired) electrons. The Bertz CT molecular complexity index is 1220. The molecule has 1 N–H and O–H groups in total. The minimum absolute atomic E-state index is 0.117. The number of benzene rings is 2. The van der Waals surface area contributed by atoms with Gasteiger partial charge in [0.25, 0.3) is 0 Å². The van der Waals surface area contributed by atoms with Crippen LogP contribution < -0.4 is 19.5 Å². The van der Waals surface area contributed by atoms with Crippen LogP contribution >= 0.6 is 0 Å². The van der Waals surface area contributed by atoms with E-state index in [9.17, 15) is 9.18 Å². The number of fused-ring (bicyclic) bond motifs is 4. The van der Waals surface area contributed by atoms with Crippen molar-refractivity contribution in [2.75, 3.05) is 39.7 Å². The first kappa shape index (κ1) is 23.1. The largest absolute Gasteiger partial charge is 0.493 e. The van der Waals surface area contributed by atoms with Crippen molar-refractivity contribution < 1.29 is 23.4 Å². The second-order valence-electron chi connectivity index (χ2n) is 9.05. The number of hydrogen-bond donors (Lipinski definition) is 1. The molecular formula is C27H30FN3O4. The fourth-order valence-corrected chi connectivity index (χ4v) is 5.33. The van der Waals surface area contributed by atoms with E-state index in [-0.39, 0.29) is 17.3 Å². The SMILES string of the molecule is COc1cc(CCC(=O)N2CCC3(CC2)Nc2cc(F)ccc2-n2cccc23)cc(OC)c1OC. The van der Waals surface area contributed by atoms with E-state index in [0.29, 0.717) is 43.2 Å². The average Bonchev–Trinajstić information content (AvgIpc) is 3.38. The predicted octanol–water partition coefficient (Wildman–Crippen LogP) is 4.52. The zero-order valence-corrected chi connectivity index (χ0v) is 20.3. The summed E-state index contributed by atoms with van der Waals surface area (Å²) in [7, 11) is 4.73. The number of piperidine rings is 1. The number of hydrogen-bond acceptors (Lipinski definition) is 5. The number of aromatic nitrogens is 1. The van der Waals surface area contributed by atoms with Crippen LogP contribution in [0.5, 0.6) is 17.2 Å². The van der Waals surface area contributed by atoms with Gasteiger partial charge >= 0.3 is 0 Å². The summed E-state index contributed by atoms with van der Waals surface area (Å²) < 4.78 is 32.3. The lowest BCUT2D eigenvalue weighted by atomic mass is 9.82. The molecule has 0 saturated carbocycles. The normalized spacial score (nSPS) is 15.7. The maximum Gasteiger partial charge on any atom is 0.222 e. The molecule has 3 aromatic rings. The molecule has 35 heavy (non-hydrogen) atoms. The number of carbonyl (C=O) groups excluding carboxylic acids is 1. The molecule has 1 saturated heterocycles. The van der Waals surface area contributed by atoms with E-state index in [0.717, 1.165) is 35.5 Å². The minimum atomic E-state index is -0.322. The molecule has 1 amide bonds. The van der Waals surface area contributed by atoms with E-state index in [4.69, 9.17) is 14.2 Å². The Morgan fingerprint density at radius 1 is 1.03 bits per heavy atom. The lowest BCUT2D eigenvalue weighted by molar-refractivity contribution is -0.132. The van der Waals surface area contributed by atoms with Crippen LogP contribution in [0.1, 0.15) is 30.5 Å². The standard InChI is InChI=1S/C27H30FN3O4/c1-33-22-15-18(16-23(34-2)26(22)35-3)6-9-25(32)30-13-10-27(11-14-30)24-5-4-12-31(24)21-8-7-19(28)17-20(21)29-27/h4-5,7-8,12,15-17,29H,6,9-11,13-14H2,1-3H3. The van der Waals surface area contributed by atoms with Gasteiger partial charge in [0.1, 0.15) is 5.82 Å². The van der Waals surface area contributed by atoms with Gasteiger partial charge in [-0.25, -0.2) is 4.39 Å². The average molecular weight is 480 g/mol. The van der Waals surface area contributed by atoms with E-state index < -0.39 is 0 Å². The smallest absolute Gasteiger partial charge is 0.222 e. The highest BCUT2D eigenvalue weighted by atomic mass is 19.1. The third-order valence-electron chi connectivity index (χ3n) is 7.15. The molecule has 0 unspecified atom stereocenters. The number of nitrogens with one attached hydrogen (secondary N) is 1. The van der Waals surface area contributed by atoms with Gasteiger partial charge in [-0.05, 0) is 67.3 Å². The zero-order valence-electron chi connectivity index (χ0n) is 20.3. The highest BCUT2D eigenvalue weighted by Gasteiger charge is 2.42. The first-order valence-corrected chi connectivity index (χ1v) is 11.8. The highest BCUT2D eigenvalue weighted by molar-refractivity contribution is 5.77. The van der Waals surface area contributed by atoms with Crippen molar-refractivity contribution >= 4 is 11.6 Å². The van der Waals surface area contributed by atoms with Crippen LogP contribution in [0.15, 0.2) is 48.7 Å². The molecule has 2 aromatic carbocycles. The van der Waals surface area contributed by atoms with Gasteiger partial charge in [0.05, 0.1) is 38.2 Å². The molecule has 8 heteroatoms. The number of anilines is 1. The molecule has 3 heterocycles. The first-order valence-electron chi connectivity index (χ1n) is 11.8. The maximum absolute atomic E-state index is 14.0. The number of carbonyl (C=O) groups is 1. The van der Waals surface area contributed by atoms with Crippen LogP contribution in [0, 0.1) is 5.82 Å². The summed E-state index contributed by atoms with van der Waals surface area (Å²) in [5.41, 5.74) is 3.52. The number of aryl methyl sites for hydroxylation is 1. The summed E-state index contributed by atoms with van der Waals surface area (Å²) in [4.78, 5) is 15.0. The fourth-order valence-electron chi connectivity index (χ4n) is 5.33. The lowest BCUT2D eigenvalue weighted by Gasteiger charge is -2.46. The number of rotatable bonds is 6. The van der Waals surface area contributed by atoms with Crippen molar-refractivity contribution in [1.82, 2.24) is 9.47 Å². The Kier molecular flexibility index (Phi) is 6.05. The van der Waals surface area contributed by atoms with Crippen molar-refractivity contribution in [3.05, 3.63) is 65.7 Å². The van der Waals surface area contributed by atoms with E-state index in [1.807, 2.05) is 29.3 Å². The molecule has 0 aliphatic carbocycles. The van der Waals surface area contributed by atoms with Crippen molar-refractivity contribution in [2.24, 2.45) is 0 Å². The molecule has 184 valence electrons. The molecule has 1 spiro atoms. The Morgan fingerprint density at radius 3 is 2.40 bits per heavy atom. The van der Waals surface area contributed by atoms with Crippen LogP contribution in [0.4, 0.5) is 10.1 Å². The summed E-state index contributed by atoms with van der Waals surface area (Å²) in [5.74, 6) is 1.56. The number of methoxy groups -OCH3 is 3. The van der Waals surface area contributed by atoms with Crippen molar-refractivity contribution in [3.63, 3.8) is 0 Å². The van der Waals surface area contributed by atoms with E-state index in [2.05, 4.69) is 16.0 Å². The Morgan fingerprint density at radius 2 is 1.74 bits per heavy atom. The van der Waals surface area contributed by atoms with Crippen molar-refractivity contribution in [2.45, 2.75) is 31.2 Å². The number of ether oxygens (including phenoxy) is 3. The van der Waals surface area contributed by atoms with Gasteiger partial charge in [0.2, 0.25) is 11.7 Å². The zero-order chi connectivity index (χ0) is 24.6. The van der Waals surface area contributed by atoms with Gasteiger partial charge in [-0.1, -0.05) is 0 Å². The third-order valence-corrected chi connectivity index (χ3v) is 7.15. The van der Waals surface area contributed by atoms with Crippen molar-refractivity contribution in [1.29, 1.82) is 0 Å². The summed E-state index contributed by atoms with van der Waals surface area (Å²) in [5, 5.41) is 3.61. The van der Waals surface area contributed by atoms with Gasteiger partial charge in [0, 0.05) is 31.4 Å². The fraction of sp³-hybridized carbons (Fsp3) is 0.370. The molecule has 0 atom stereocenters. The number of halogens is 1. The topological polar surface area (TPSA) is 65.0 Å². The van der Waals surface area contributed by atoms with Crippen LogP contribution in [0.2, 0.25) is 0 Å². The van der Waals surface area contributed by atoms with Crippen LogP contribution in [0.3, 0.4) is 0 Å². The summed E-state index contributed by atoms with van der Waals surface area (Å²) >= 11 is 0. The van der Waals surface area contributed by atoms with Crippen LogP contribution in [-0.4, -0.2) is 49.8 Å². The molecule has 1 fully saturated rings. The summed E-state index contributed by atoms with van der Waals surface area (Å²) in [6.45, 7) is 1.27. The second kappa shape index (κ2) is 9.17. The Hall–Kier alpha value is -3.68. The monoisotopic (exact) mass is 479 g/mol. The molecule has 2 aliphatic rings. The molecule has 1 aromatic heterocycles. The third kappa shape index (κ3) is 4.07. The Labute approximate surface area is 204 Å². The van der Waals surface area contributed by atoms with E-state index in [1.54, 1.807) is 33.5 Å². The van der Waals surface area contributed by atoms with Gasteiger partial charge in [-0.2, -0.15) is 0 Å². The number of amides is 1. The molecular weight excluding hydrogens is 449 g/mol. The van der Waals surface area contributed by atoms with Gasteiger partial charge in [-0.3, -0.25) is 4.79 Å². The number of nitrogens with zero attached hydrogens (tertiary/aromatic N) is 2. The van der Waals surface area contributed by atoms with E-state index >= 15 is 0 Å². The van der Waals surface area contributed by atoms with E-state index in [1.165, 1.54) is 6.07 Å². The molecule has 2 aliphatic heterocycles. The lowest BCUT2D eigenvalue weighted by Crippen LogP contribution is -2.51. The maximum atomic E-state index is 14.0. The van der Waals surface area contributed by atoms with Crippen LogP contribution in [0.25, 0.3) is 5.69 Å². The summed E-state index contributed by atoms with van der Waals surface area (Å²) in [6, 6.07) is 12.7. The summed E-state index contributed by atoms with van der Waals surface area (Å²) in [6.07, 6.45) is 4.49. The molecule has 5 rings (SSSR count). The minimum Gasteiger partial charge on any atom is -0.493 e. The second-order valence-corrected chi connectivity index (χ2v) is 9.05. The van der Waals surface area contributed by atoms with Gasteiger partial charge in [-0.15, -0.1) is 0 Å². The number of likely N-dealkylation sites (tertiary alicyclic amines) is 1. The predicted molar refractivity (Wildman–Crippen MR) is 131 cm³/mol. The van der Waals surface area contributed by atoms with Crippen molar-refractivity contribution in [3.8, 4) is 22.9 Å². The highest BCUT2D eigenvalue weighted by Crippen LogP contribution is 2.44. The molecule has 7 nitrogen and oxygen atoms in total. The Balaban J connectivity index is 1.26. The quantitative estimate of drug-likeness (QED) is 0.563. The first-order chi connectivity index (χ1) is 17.0. The van der Waals surface area contributed by atoms with Gasteiger partial charge in [0.15, 0.2) is 11.5 Å².